The van der Waals surface area contributed by atoms with Gasteiger partial charge in [0.15, 0.2) is 0 Å². The van der Waals surface area contributed by atoms with Crippen LogP contribution in [0.5, 0.6) is 0 Å². The molecule has 2 atom stereocenters. The van der Waals surface area contributed by atoms with E-state index in [1.807, 2.05) is 12.1 Å². The van der Waals surface area contributed by atoms with E-state index < -0.39 is 6.10 Å². The first-order valence-electron chi connectivity index (χ1n) is 10.4. The predicted molar refractivity (Wildman–Crippen MR) is 120 cm³/mol. The molecule has 2 aromatic rings. The van der Waals surface area contributed by atoms with Gasteiger partial charge in [0.2, 0.25) is 0 Å². The molecule has 8 heteroatoms. The number of ether oxygens (including phenoxy) is 1. The zero-order chi connectivity index (χ0) is 20.9. The van der Waals surface area contributed by atoms with E-state index >= 15 is 0 Å². The maximum Gasteiger partial charge on any atom is 0.254 e. The maximum atomic E-state index is 12.5. The zero-order valence-electron chi connectivity index (χ0n) is 17.3. The topological polar surface area (TPSA) is 90.9 Å². The monoisotopic (exact) mass is 445 g/mol. The lowest BCUT2D eigenvalue weighted by Gasteiger charge is -2.30. The lowest BCUT2D eigenvalue weighted by atomic mass is 9.93. The van der Waals surface area contributed by atoms with Crippen LogP contribution in [-0.4, -0.2) is 66.8 Å². The van der Waals surface area contributed by atoms with Gasteiger partial charge < -0.3 is 25.4 Å². The van der Waals surface area contributed by atoms with Crippen molar-refractivity contribution in [2.45, 2.75) is 25.1 Å². The van der Waals surface area contributed by atoms with E-state index in [4.69, 9.17) is 4.74 Å². The lowest BCUT2D eigenvalue weighted by molar-refractivity contribution is 0.0303. The second kappa shape index (κ2) is 10.7. The van der Waals surface area contributed by atoms with E-state index in [0.29, 0.717) is 44.0 Å². The summed E-state index contributed by atoms with van der Waals surface area (Å²) < 4.78 is 5.27. The molecule has 0 aliphatic carbocycles. The Balaban J connectivity index is 0.00000272. The Kier molecular flexibility index (Phi) is 8.03. The molecule has 2 aliphatic heterocycles. The average Bonchev–Trinajstić information content (AvgIpc) is 2.82. The number of nitrogens with one attached hydrogen (secondary N) is 2. The number of hydrogen-bond acceptors (Lipinski definition) is 5. The van der Waals surface area contributed by atoms with Gasteiger partial charge in [-0.05, 0) is 41.8 Å². The fourth-order valence-corrected chi connectivity index (χ4v) is 3.91. The van der Waals surface area contributed by atoms with Crippen LogP contribution in [0.3, 0.4) is 0 Å². The number of hydrogen-bond donors (Lipinski definition) is 3. The number of carbonyl (C=O) groups is 2. The third-order valence-corrected chi connectivity index (χ3v) is 5.74. The molecule has 0 spiro atoms. The molecule has 2 aliphatic rings. The van der Waals surface area contributed by atoms with E-state index in [0.717, 1.165) is 6.42 Å². The van der Waals surface area contributed by atoms with Crippen molar-refractivity contribution in [3.05, 3.63) is 70.8 Å². The molecule has 3 N–H and O–H groups in total. The molecule has 1 fully saturated rings. The summed E-state index contributed by atoms with van der Waals surface area (Å²) in [5, 5.41) is 16.6. The third kappa shape index (κ3) is 5.62. The number of fused-ring (bicyclic) bond motifs is 1. The SMILES string of the molecule is Cl.O=C(NCC(O)C1Cc2ccccc2CN1)c1ccc(C(=O)N2CCOCC2)cc1. The van der Waals surface area contributed by atoms with Gasteiger partial charge in [0, 0.05) is 43.3 Å². The van der Waals surface area contributed by atoms with E-state index in [1.165, 1.54) is 11.1 Å². The van der Waals surface area contributed by atoms with Crippen LogP contribution in [0.4, 0.5) is 0 Å². The molecule has 31 heavy (non-hydrogen) atoms. The second-order valence-electron chi connectivity index (χ2n) is 7.72. The Bertz CT molecular complexity index is 900. The van der Waals surface area contributed by atoms with Gasteiger partial charge in [0.05, 0.1) is 19.3 Å². The summed E-state index contributed by atoms with van der Waals surface area (Å²) in [6.07, 6.45) is 0.0374. The van der Waals surface area contributed by atoms with Gasteiger partial charge in [-0.3, -0.25) is 9.59 Å². The van der Waals surface area contributed by atoms with Crippen molar-refractivity contribution < 1.29 is 19.4 Å². The van der Waals surface area contributed by atoms with Gasteiger partial charge in [-0.15, -0.1) is 12.4 Å². The van der Waals surface area contributed by atoms with Crippen molar-refractivity contribution in [2.75, 3.05) is 32.8 Å². The quantitative estimate of drug-likeness (QED) is 0.647. The summed E-state index contributed by atoms with van der Waals surface area (Å²) in [4.78, 5) is 26.7. The standard InChI is InChI=1S/C23H27N3O4.ClH/c27-21(20-13-18-3-1-2-4-19(18)14-24-20)15-25-22(28)16-5-7-17(8-6-16)23(29)26-9-11-30-12-10-26;/h1-8,20-21,24,27H,9-15H2,(H,25,28);1H. The Morgan fingerprint density at radius 2 is 1.71 bits per heavy atom. The number of morpholine rings is 1. The Morgan fingerprint density at radius 3 is 2.42 bits per heavy atom. The fourth-order valence-electron chi connectivity index (χ4n) is 3.91. The highest BCUT2D eigenvalue weighted by molar-refractivity contribution is 5.97. The number of aliphatic hydroxyl groups is 1. The Morgan fingerprint density at radius 1 is 1.06 bits per heavy atom. The molecule has 0 saturated carbocycles. The third-order valence-electron chi connectivity index (χ3n) is 5.74. The molecule has 2 unspecified atom stereocenters. The smallest absolute Gasteiger partial charge is 0.254 e. The van der Waals surface area contributed by atoms with Crippen molar-refractivity contribution in [1.29, 1.82) is 0 Å². The van der Waals surface area contributed by atoms with Gasteiger partial charge in [-0.2, -0.15) is 0 Å². The van der Waals surface area contributed by atoms with Crippen molar-refractivity contribution in [3.63, 3.8) is 0 Å². The van der Waals surface area contributed by atoms with Crippen molar-refractivity contribution in [2.24, 2.45) is 0 Å². The molecule has 0 bridgehead atoms. The first-order chi connectivity index (χ1) is 14.6. The summed E-state index contributed by atoms with van der Waals surface area (Å²) >= 11 is 0. The summed E-state index contributed by atoms with van der Waals surface area (Å²) in [6.45, 7) is 3.14. The number of rotatable bonds is 5. The van der Waals surface area contributed by atoms with Gasteiger partial charge in [-0.1, -0.05) is 24.3 Å². The number of benzene rings is 2. The van der Waals surface area contributed by atoms with E-state index in [2.05, 4.69) is 22.8 Å². The van der Waals surface area contributed by atoms with Crippen LogP contribution >= 0.6 is 12.4 Å². The van der Waals surface area contributed by atoms with Crippen molar-refractivity contribution >= 4 is 24.2 Å². The summed E-state index contributed by atoms with van der Waals surface area (Å²) in [5.74, 6) is -0.319. The Labute approximate surface area is 188 Å². The molecule has 0 radical (unpaired) electrons. The normalized spacial score (nSPS) is 19.0. The van der Waals surface area contributed by atoms with Gasteiger partial charge in [0.1, 0.15) is 0 Å². The molecule has 4 rings (SSSR count). The van der Waals surface area contributed by atoms with Crippen LogP contribution < -0.4 is 10.6 Å². The summed E-state index contributed by atoms with van der Waals surface area (Å²) in [6, 6.07) is 14.7. The van der Waals surface area contributed by atoms with Crippen LogP contribution in [0.25, 0.3) is 0 Å². The summed E-state index contributed by atoms with van der Waals surface area (Å²) in [5.41, 5.74) is 3.49. The van der Waals surface area contributed by atoms with Crippen LogP contribution in [-0.2, 0) is 17.7 Å². The van der Waals surface area contributed by atoms with Gasteiger partial charge in [-0.25, -0.2) is 0 Å². The minimum absolute atomic E-state index is 0. The average molecular weight is 446 g/mol. The molecule has 2 amide bonds. The molecule has 1 saturated heterocycles. The van der Waals surface area contributed by atoms with Gasteiger partial charge in [0.25, 0.3) is 11.8 Å². The number of amides is 2. The maximum absolute atomic E-state index is 12.5. The molecule has 2 heterocycles. The zero-order valence-corrected chi connectivity index (χ0v) is 18.1. The molecular formula is C23H28ClN3O4. The van der Waals surface area contributed by atoms with Crippen molar-refractivity contribution in [1.82, 2.24) is 15.5 Å². The molecular weight excluding hydrogens is 418 g/mol. The van der Waals surface area contributed by atoms with Crippen molar-refractivity contribution in [3.8, 4) is 0 Å². The van der Waals surface area contributed by atoms with E-state index in [1.54, 1.807) is 29.2 Å². The second-order valence-corrected chi connectivity index (χ2v) is 7.72. The largest absolute Gasteiger partial charge is 0.390 e. The predicted octanol–water partition coefficient (Wildman–Crippen LogP) is 1.39. The van der Waals surface area contributed by atoms with Gasteiger partial charge >= 0.3 is 0 Å². The first-order valence-corrected chi connectivity index (χ1v) is 10.4. The van der Waals surface area contributed by atoms with E-state index in [9.17, 15) is 14.7 Å². The number of aliphatic hydroxyl groups excluding tert-OH is 1. The van der Waals surface area contributed by atoms with Crippen LogP contribution in [0.2, 0.25) is 0 Å². The number of halogens is 1. The number of nitrogens with zero attached hydrogens (tertiary/aromatic N) is 1. The highest BCUT2D eigenvalue weighted by atomic mass is 35.5. The van der Waals surface area contributed by atoms with Crippen LogP contribution in [0.15, 0.2) is 48.5 Å². The molecule has 166 valence electrons. The van der Waals surface area contributed by atoms with Crippen LogP contribution in [0.1, 0.15) is 31.8 Å². The highest BCUT2D eigenvalue weighted by Gasteiger charge is 2.25. The number of carbonyl (C=O) groups excluding carboxylic acids is 2. The molecule has 7 nitrogen and oxygen atoms in total. The van der Waals surface area contributed by atoms with Crippen LogP contribution in [0, 0.1) is 0 Å². The molecule has 0 aromatic heterocycles. The first kappa shape index (κ1) is 23.2. The highest BCUT2D eigenvalue weighted by Crippen LogP contribution is 2.18. The lowest BCUT2D eigenvalue weighted by Crippen LogP contribution is -2.49. The van der Waals surface area contributed by atoms with E-state index in [-0.39, 0.29) is 36.8 Å². The Hall–Kier alpha value is -2.45. The summed E-state index contributed by atoms with van der Waals surface area (Å²) in [7, 11) is 0. The minimum atomic E-state index is -0.690. The molecule has 2 aromatic carbocycles. The minimum Gasteiger partial charge on any atom is -0.390 e. The fraction of sp³-hybridized carbons (Fsp3) is 0.391.